The van der Waals surface area contributed by atoms with Crippen molar-refractivity contribution < 1.29 is 22.0 Å². The molecule has 0 saturated carbocycles. The first-order chi connectivity index (χ1) is 17.2. The van der Waals surface area contributed by atoms with Gasteiger partial charge in [-0.05, 0) is 93.8 Å². The highest BCUT2D eigenvalue weighted by atomic mass is 32.2. The molecule has 0 radical (unpaired) electrons. The number of aromatic nitrogens is 2. The standard InChI is InChI=1S/C23H29F2N6O4S/c1-28-10-8-17(9-11-28)30(18-13-26-29(14-18)22(24)25)36(34,35)31(33)23(32)27-21-19-6-2-4-15(19)12-16-5-3-7-20(16)21/h12-14,17,22H,2-11H2,1H3,(H,27,32)/q-1. The number of benzene rings is 1. The zero-order valence-electron chi connectivity index (χ0n) is 20.0. The number of amides is 2. The number of likely N-dealkylation sites (tertiary alicyclic amines) is 1. The van der Waals surface area contributed by atoms with Crippen LogP contribution in [0.2, 0.25) is 0 Å². The Labute approximate surface area is 208 Å². The van der Waals surface area contributed by atoms with Crippen LogP contribution in [0.3, 0.4) is 0 Å². The number of nitrogens with one attached hydrogen (secondary N) is 1. The Bertz CT molecular complexity index is 1230. The lowest BCUT2D eigenvalue weighted by molar-refractivity contribution is 0.0566. The second kappa shape index (κ2) is 9.60. The van der Waals surface area contributed by atoms with Gasteiger partial charge in [-0.1, -0.05) is 6.07 Å². The molecule has 3 aliphatic rings. The number of hydroxylamine groups is 1. The van der Waals surface area contributed by atoms with Gasteiger partial charge >= 0.3 is 22.8 Å². The fourth-order valence-corrected chi connectivity index (χ4v) is 6.98. The maximum absolute atomic E-state index is 13.5. The number of alkyl halides is 2. The predicted octanol–water partition coefficient (Wildman–Crippen LogP) is 3.43. The Balaban J connectivity index is 1.45. The maximum Gasteiger partial charge on any atom is 0.333 e. The minimum Gasteiger partial charge on any atom is -0.740 e. The van der Waals surface area contributed by atoms with Crippen molar-refractivity contribution in [3.63, 3.8) is 0 Å². The molecule has 2 amide bonds. The van der Waals surface area contributed by atoms with E-state index in [0.717, 1.165) is 77.5 Å². The van der Waals surface area contributed by atoms with Crippen molar-refractivity contribution in [1.82, 2.24) is 19.1 Å². The highest BCUT2D eigenvalue weighted by molar-refractivity contribution is 7.91. The summed E-state index contributed by atoms with van der Waals surface area (Å²) in [5.74, 6) is 0. The van der Waals surface area contributed by atoms with Gasteiger partial charge in [-0.15, -0.1) is 0 Å². The summed E-state index contributed by atoms with van der Waals surface area (Å²) in [6.07, 6.45) is 7.70. The van der Waals surface area contributed by atoms with Crippen LogP contribution in [0.5, 0.6) is 0 Å². The van der Waals surface area contributed by atoms with Gasteiger partial charge in [-0.2, -0.15) is 22.3 Å². The van der Waals surface area contributed by atoms with Gasteiger partial charge in [-0.3, -0.25) is 4.47 Å². The van der Waals surface area contributed by atoms with Gasteiger partial charge in [0, 0.05) is 11.7 Å². The van der Waals surface area contributed by atoms with E-state index in [1.54, 1.807) is 0 Å². The van der Waals surface area contributed by atoms with Crippen LogP contribution < -0.4 is 9.62 Å². The normalized spacial score (nSPS) is 18.4. The average Bonchev–Trinajstić information content (AvgIpc) is 3.60. The Hall–Kier alpha value is -2.77. The number of halogens is 2. The summed E-state index contributed by atoms with van der Waals surface area (Å²) in [6.45, 7) is -1.88. The van der Waals surface area contributed by atoms with Gasteiger partial charge in [0.1, 0.15) is 0 Å². The number of carbonyl (C=O) groups excluding carboxylic acids is 1. The molecule has 5 rings (SSSR count). The third kappa shape index (κ3) is 4.43. The Morgan fingerprint density at radius 2 is 1.75 bits per heavy atom. The smallest absolute Gasteiger partial charge is 0.333 e. The van der Waals surface area contributed by atoms with E-state index in [-0.39, 0.29) is 5.69 Å². The van der Waals surface area contributed by atoms with Gasteiger partial charge < -0.3 is 15.4 Å². The van der Waals surface area contributed by atoms with Crippen molar-refractivity contribution in [1.29, 1.82) is 0 Å². The Morgan fingerprint density at radius 3 is 2.31 bits per heavy atom. The zero-order valence-corrected chi connectivity index (χ0v) is 20.8. The van der Waals surface area contributed by atoms with E-state index in [1.807, 2.05) is 11.9 Å². The molecule has 1 aliphatic heterocycles. The maximum atomic E-state index is 13.5. The molecule has 10 nitrogen and oxygen atoms in total. The summed E-state index contributed by atoms with van der Waals surface area (Å²) in [6, 6.07) is 0.161. The first-order valence-electron chi connectivity index (χ1n) is 12.2. The number of hydrogen-bond donors (Lipinski definition) is 1. The minimum atomic E-state index is -4.95. The molecule has 1 fully saturated rings. The third-order valence-electron chi connectivity index (χ3n) is 7.39. The fraction of sp³-hybridized carbons (Fsp3) is 0.565. The first kappa shape index (κ1) is 24.9. The van der Waals surface area contributed by atoms with Crippen LogP contribution in [0, 0.1) is 5.21 Å². The summed E-state index contributed by atoms with van der Waals surface area (Å²) in [4.78, 5) is 15.1. The number of carbonyl (C=O) groups is 1. The number of piperidine rings is 1. The van der Waals surface area contributed by atoms with Gasteiger partial charge in [0.05, 0.1) is 18.1 Å². The zero-order chi connectivity index (χ0) is 25.6. The van der Waals surface area contributed by atoms with Crippen LogP contribution in [0.25, 0.3) is 0 Å². The van der Waals surface area contributed by atoms with E-state index in [2.05, 4.69) is 16.5 Å². The molecule has 2 aromatic rings. The van der Waals surface area contributed by atoms with E-state index >= 15 is 0 Å². The van der Waals surface area contributed by atoms with Crippen molar-refractivity contribution in [3.8, 4) is 0 Å². The number of anilines is 2. The van der Waals surface area contributed by atoms with Crippen LogP contribution >= 0.6 is 0 Å². The average molecular weight is 524 g/mol. The number of urea groups is 1. The van der Waals surface area contributed by atoms with Gasteiger partial charge in [-0.25, -0.2) is 13.8 Å². The molecule has 1 aromatic carbocycles. The van der Waals surface area contributed by atoms with Crippen molar-refractivity contribution in [2.24, 2.45) is 0 Å². The van der Waals surface area contributed by atoms with E-state index < -0.39 is 33.3 Å². The second-order valence-corrected chi connectivity index (χ2v) is 11.3. The van der Waals surface area contributed by atoms with Crippen molar-refractivity contribution in [2.45, 2.75) is 64.0 Å². The van der Waals surface area contributed by atoms with Gasteiger partial charge in [0.25, 0.3) is 0 Å². The van der Waals surface area contributed by atoms with Gasteiger partial charge in [0.2, 0.25) is 0 Å². The van der Waals surface area contributed by atoms with Crippen LogP contribution in [-0.4, -0.2) is 59.8 Å². The van der Waals surface area contributed by atoms with Gasteiger partial charge in [0.15, 0.2) is 0 Å². The lowest BCUT2D eigenvalue weighted by Crippen LogP contribution is -2.52. The lowest BCUT2D eigenvalue weighted by atomic mass is 9.99. The topological polar surface area (TPSA) is 114 Å². The van der Waals surface area contributed by atoms with Crippen LogP contribution in [-0.2, 0) is 35.9 Å². The molecular formula is C23H29F2N6O4S-. The molecule has 1 aromatic heterocycles. The molecule has 0 bridgehead atoms. The molecule has 13 heteroatoms. The largest absolute Gasteiger partial charge is 0.740 e. The molecule has 2 aliphatic carbocycles. The summed E-state index contributed by atoms with van der Waals surface area (Å²) in [7, 11) is -3.07. The predicted molar refractivity (Wildman–Crippen MR) is 130 cm³/mol. The summed E-state index contributed by atoms with van der Waals surface area (Å²) < 4.78 is 53.9. The molecule has 196 valence electrons. The van der Waals surface area contributed by atoms with Crippen molar-refractivity contribution in [2.75, 3.05) is 29.8 Å². The fourth-order valence-electron chi connectivity index (χ4n) is 5.61. The number of rotatable bonds is 6. The number of aryl methyl sites for hydroxylation is 2. The molecule has 1 saturated heterocycles. The second-order valence-electron chi connectivity index (χ2n) is 9.69. The monoisotopic (exact) mass is 523 g/mol. The molecule has 2 heterocycles. The lowest BCUT2D eigenvalue weighted by Gasteiger charge is -2.41. The van der Waals surface area contributed by atoms with E-state index in [0.29, 0.717) is 36.3 Å². The van der Waals surface area contributed by atoms with E-state index in [4.69, 9.17) is 0 Å². The first-order valence-corrected chi connectivity index (χ1v) is 13.6. The summed E-state index contributed by atoms with van der Waals surface area (Å²) in [5.41, 5.74) is 4.53. The highest BCUT2D eigenvalue weighted by Crippen LogP contribution is 2.39. The Morgan fingerprint density at radius 1 is 1.14 bits per heavy atom. The van der Waals surface area contributed by atoms with Crippen LogP contribution in [0.1, 0.15) is 54.5 Å². The quantitative estimate of drug-likeness (QED) is 0.581. The van der Waals surface area contributed by atoms with Crippen LogP contribution in [0.4, 0.5) is 25.0 Å². The Kier molecular flexibility index (Phi) is 6.64. The number of fused-ring (bicyclic) bond motifs is 2. The molecule has 0 unspecified atom stereocenters. The number of nitrogens with zero attached hydrogens (tertiary/aromatic N) is 5. The molecule has 36 heavy (non-hydrogen) atoms. The summed E-state index contributed by atoms with van der Waals surface area (Å²) >= 11 is 0. The third-order valence-corrected chi connectivity index (χ3v) is 8.98. The van der Waals surface area contributed by atoms with Crippen LogP contribution in [0.15, 0.2) is 18.5 Å². The van der Waals surface area contributed by atoms with E-state index in [1.165, 1.54) is 0 Å². The molecule has 1 N–H and O–H groups in total. The molecular weight excluding hydrogens is 494 g/mol. The van der Waals surface area contributed by atoms with Crippen molar-refractivity contribution in [3.05, 3.63) is 45.9 Å². The van der Waals surface area contributed by atoms with Crippen molar-refractivity contribution >= 4 is 27.6 Å². The minimum absolute atomic E-state index is 0.181. The highest BCUT2D eigenvalue weighted by Gasteiger charge is 2.37. The summed E-state index contributed by atoms with van der Waals surface area (Å²) in [5, 5.41) is 19.3. The number of hydrogen-bond acceptors (Lipinski definition) is 6. The SMILES string of the molecule is CN1CCC(N(c2cnn(C(F)F)c2)S(=O)(=O)N([O-])C(=O)Nc2c3c(cc4c2CCC4)CCC3)CC1. The van der Waals surface area contributed by atoms with E-state index in [9.17, 15) is 27.2 Å². The molecule has 0 atom stereocenters. The molecule has 0 spiro atoms.